The lowest BCUT2D eigenvalue weighted by Gasteiger charge is -2.10. The fourth-order valence-electron chi connectivity index (χ4n) is 1.60. The van der Waals surface area contributed by atoms with Crippen LogP contribution < -0.4 is 4.74 Å². The Morgan fingerprint density at radius 3 is 2.28 bits per heavy atom. The van der Waals surface area contributed by atoms with Crippen LogP contribution in [0.4, 0.5) is 0 Å². The molecular weight excluding hydrogens is 252 g/mol. The Labute approximate surface area is 106 Å². The first-order chi connectivity index (χ1) is 8.48. The number of benzene rings is 2. The highest BCUT2D eigenvalue weighted by atomic mass is 32.2. The number of hydrogen-bond donors (Lipinski definition) is 1. The summed E-state index contributed by atoms with van der Waals surface area (Å²) in [5.74, 6) is 1.00. The lowest BCUT2D eigenvalue weighted by Crippen LogP contribution is -2.01. The largest absolute Gasteiger partial charge is 0.457 e. The molecule has 0 aliphatic rings. The Balaban J connectivity index is 2.42. The third-order valence-corrected chi connectivity index (χ3v) is 3.48. The highest BCUT2D eigenvalue weighted by Crippen LogP contribution is 2.28. The average molecular weight is 264 g/mol. The molecule has 94 valence electrons. The zero-order valence-corrected chi connectivity index (χ0v) is 10.5. The lowest BCUT2D eigenvalue weighted by atomic mass is 10.2. The van der Waals surface area contributed by atoms with Gasteiger partial charge in [0, 0.05) is 5.56 Å². The summed E-state index contributed by atoms with van der Waals surface area (Å²) in [5, 5.41) is 0. The molecule has 0 saturated heterocycles. The van der Waals surface area contributed by atoms with Crippen LogP contribution in [0.5, 0.6) is 11.5 Å². The monoisotopic (exact) mass is 264 g/mol. The third kappa shape index (κ3) is 2.69. The van der Waals surface area contributed by atoms with Gasteiger partial charge in [-0.05, 0) is 31.2 Å². The first kappa shape index (κ1) is 12.6. The van der Waals surface area contributed by atoms with E-state index in [-0.39, 0.29) is 4.90 Å². The maximum Gasteiger partial charge on any atom is 0.294 e. The van der Waals surface area contributed by atoms with Crippen molar-refractivity contribution >= 4 is 10.1 Å². The van der Waals surface area contributed by atoms with E-state index in [1.54, 1.807) is 25.1 Å². The summed E-state index contributed by atoms with van der Waals surface area (Å²) in [6, 6.07) is 13.5. The van der Waals surface area contributed by atoms with Crippen molar-refractivity contribution in [3.05, 3.63) is 54.1 Å². The van der Waals surface area contributed by atoms with Crippen molar-refractivity contribution in [1.82, 2.24) is 0 Å². The molecule has 0 aliphatic carbocycles. The molecule has 0 bridgehead atoms. The number of para-hydroxylation sites is 1. The zero-order chi connectivity index (χ0) is 13.2. The van der Waals surface area contributed by atoms with E-state index in [2.05, 4.69) is 0 Å². The Bertz CT molecular complexity index is 648. The summed E-state index contributed by atoms with van der Waals surface area (Å²) in [7, 11) is -4.23. The molecule has 2 rings (SSSR count). The molecule has 0 fully saturated rings. The van der Waals surface area contributed by atoms with Crippen molar-refractivity contribution in [2.75, 3.05) is 0 Å². The van der Waals surface area contributed by atoms with Gasteiger partial charge in [0.25, 0.3) is 10.1 Å². The van der Waals surface area contributed by atoms with Gasteiger partial charge < -0.3 is 4.74 Å². The highest BCUT2D eigenvalue weighted by molar-refractivity contribution is 7.85. The minimum Gasteiger partial charge on any atom is -0.457 e. The number of hydrogen-bond acceptors (Lipinski definition) is 3. The van der Waals surface area contributed by atoms with Gasteiger partial charge in [0.1, 0.15) is 16.4 Å². The van der Waals surface area contributed by atoms with Crippen LogP contribution in [0.3, 0.4) is 0 Å². The maximum absolute atomic E-state index is 11.2. The minimum atomic E-state index is -4.23. The molecular formula is C13H12O4S. The summed E-state index contributed by atoms with van der Waals surface area (Å²) >= 11 is 0. The van der Waals surface area contributed by atoms with Gasteiger partial charge in [-0.3, -0.25) is 4.55 Å². The second-order valence-electron chi connectivity index (χ2n) is 3.77. The Morgan fingerprint density at radius 1 is 1.00 bits per heavy atom. The van der Waals surface area contributed by atoms with Crippen molar-refractivity contribution in [2.24, 2.45) is 0 Å². The predicted octanol–water partition coefficient (Wildman–Crippen LogP) is 3.03. The summed E-state index contributed by atoms with van der Waals surface area (Å²) in [6.45, 7) is 1.58. The van der Waals surface area contributed by atoms with Crippen molar-refractivity contribution in [3.63, 3.8) is 0 Å². The van der Waals surface area contributed by atoms with E-state index in [4.69, 9.17) is 9.29 Å². The Kier molecular flexibility index (Phi) is 3.36. The summed E-state index contributed by atoms with van der Waals surface area (Å²) < 4.78 is 37.0. The first-order valence-corrected chi connectivity index (χ1v) is 6.72. The molecule has 5 heteroatoms. The van der Waals surface area contributed by atoms with Crippen LogP contribution in [0, 0.1) is 6.92 Å². The van der Waals surface area contributed by atoms with Crippen molar-refractivity contribution < 1.29 is 17.7 Å². The highest BCUT2D eigenvalue weighted by Gasteiger charge is 2.16. The second-order valence-corrected chi connectivity index (χ2v) is 5.16. The van der Waals surface area contributed by atoms with E-state index in [1.807, 2.05) is 18.2 Å². The molecule has 0 atom stereocenters. The van der Waals surface area contributed by atoms with Gasteiger partial charge in [0.15, 0.2) is 0 Å². The molecule has 0 heterocycles. The molecule has 2 aromatic rings. The van der Waals surface area contributed by atoms with Crippen molar-refractivity contribution in [3.8, 4) is 11.5 Å². The quantitative estimate of drug-likeness (QED) is 0.865. The molecule has 2 aromatic carbocycles. The van der Waals surface area contributed by atoms with Crippen LogP contribution in [0.25, 0.3) is 0 Å². The summed E-state index contributed by atoms with van der Waals surface area (Å²) in [5.41, 5.74) is 0.379. The third-order valence-electron chi connectivity index (χ3n) is 2.48. The van der Waals surface area contributed by atoms with Crippen LogP contribution >= 0.6 is 0 Å². The molecule has 0 aromatic heterocycles. The average Bonchev–Trinajstić information content (AvgIpc) is 2.32. The van der Waals surface area contributed by atoms with Gasteiger partial charge >= 0.3 is 0 Å². The molecule has 0 spiro atoms. The SMILES string of the molecule is Cc1c(Oc2ccccc2)cccc1S(=O)(=O)O. The fourth-order valence-corrected chi connectivity index (χ4v) is 2.34. The first-order valence-electron chi connectivity index (χ1n) is 5.28. The maximum atomic E-state index is 11.2. The molecule has 0 radical (unpaired) electrons. The smallest absolute Gasteiger partial charge is 0.294 e. The van der Waals surface area contributed by atoms with Crippen LogP contribution in [0.1, 0.15) is 5.56 Å². The van der Waals surface area contributed by atoms with E-state index >= 15 is 0 Å². The van der Waals surface area contributed by atoms with Gasteiger partial charge in [0.05, 0.1) is 0 Å². The fraction of sp³-hybridized carbons (Fsp3) is 0.0769. The van der Waals surface area contributed by atoms with Crippen LogP contribution in [-0.4, -0.2) is 13.0 Å². The molecule has 0 aliphatic heterocycles. The van der Waals surface area contributed by atoms with Crippen LogP contribution in [0.2, 0.25) is 0 Å². The molecule has 0 unspecified atom stereocenters. The summed E-state index contributed by atoms with van der Waals surface area (Å²) in [6.07, 6.45) is 0. The normalized spacial score (nSPS) is 11.2. The van der Waals surface area contributed by atoms with E-state index < -0.39 is 10.1 Å². The molecule has 0 amide bonds. The lowest BCUT2D eigenvalue weighted by molar-refractivity contribution is 0.467. The van der Waals surface area contributed by atoms with Gasteiger partial charge in [-0.2, -0.15) is 8.42 Å². The zero-order valence-electron chi connectivity index (χ0n) is 9.70. The second kappa shape index (κ2) is 4.80. The predicted molar refractivity (Wildman–Crippen MR) is 67.5 cm³/mol. The molecule has 4 nitrogen and oxygen atoms in total. The summed E-state index contributed by atoms with van der Waals surface area (Å²) in [4.78, 5) is -0.143. The molecule has 18 heavy (non-hydrogen) atoms. The Morgan fingerprint density at radius 2 is 1.67 bits per heavy atom. The van der Waals surface area contributed by atoms with Crippen LogP contribution in [-0.2, 0) is 10.1 Å². The van der Waals surface area contributed by atoms with Crippen molar-refractivity contribution in [1.29, 1.82) is 0 Å². The van der Waals surface area contributed by atoms with Gasteiger partial charge in [-0.15, -0.1) is 0 Å². The Hall–Kier alpha value is -1.85. The van der Waals surface area contributed by atoms with E-state index in [1.165, 1.54) is 12.1 Å². The van der Waals surface area contributed by atoms with E-state index in [9.17, 15) is 8.42 Å². The van der Waals surface area contributed by atoms with E-state index in [0.29, 0.717) is 17.1 Å². The molecule has 0 saturated carbocycles. The molecule has 1 N–H and O–H groups in total. The van der Waals surface area contributed by atoms with Gasteiger partial charge in [-0.1, -0.05) is 24.3 Å². The number of rotatable bonds is 3. The van der Waals surface area contributed by atoms with Gasteiger partial charge in [0.2, 0.25) is 0 Å². The van der Waals surface area contributed by atoms with E-state index in [0.717, 1.165) is 0 Å². The minimum absolute atomic E-state index is 0.143. The van der Waals surface area contributed by atoms with Crippen molar-refractivity contribution in [2.45, 2.75) is 11.8 Å². The van der Waals surface area contributed by atoms with Gasteiger partial charge in [-0.25, -0.2) is 0 Å². The number of ether oxygens (including phenoxy) is 1. The topological polar surface area (TPSA) is 63.6 Å². The standard InChI is InChI=1S/C13H12O4S/c1-10-12(17-11-6-3-2-4-7-11)8-5-9-13(10)18(14,15)16/h2-9H,1H3,(H,14,15,16). The van der Waals surface area contributed by atoms with Crippen LogP contribution in [0.15, 0.2) is 53.4 Å².